The third kappa shape index (κ3) is 6.00. The highest BCUT2D eigenvalue weighted by atomic mass is 35.5. The average Bonchev–Trinajstić information content (AvgIpc) is 2.51. The molecule has 128 valence electrons. The second-order valence-corrected chi connectivity index (χ2v) is 5.24. The van der Waals surface area contributed by atoms with Crippen LogP contribution in [0, 0.1) is 0 Å². The summed E-state index contributed by atoms with van der Waals surface area (Å²) in [5.74, 6) is -0.0858. The fourth-order valence-electron chi connectivity index (χ4n) is 1.83. The lowest BCUT2D eigenvalue weighted by atomic mass is 10.2. The second kappa shape index (κ2) is 7.92. The molecule has 0 heterocycles. The van der Waals surface area contributed by atoms with E-state index in [9.17, 15) is 18.0 Å². The van der Waals surface area contributed by atoms with E-state index in [0.29, 0.717) is 10.8 Å². The Morgan fingerprint density at radius 1 is 1.08 bits per heavy atom. The lowest BCUT2D eigenvalue weighted by Gasteiger charge is -2.14. The van der Waals surface area contributed by atoms with E-state index in [2.05, 4.69) is 10.6 Å². The molecule has 0 bridgehead atoms. The van der Waals surface area contributed by atoms with Gasteiger partial charge in [-0.15, -0.1) is 0 Å². The molecule has 0 saturated heterocycles. The number of para-hydroxylation sites is 2. The second-order valence-electron chi connectivity index (χ2n) is 4.81. The molecule has 8 heteroatoms. The zero-order valence-electron chi connectivity index (χ0n) is 12.4. The van der Waals surface area contributed by atoms with Crippen molar-refractivity contribution in [2.75, 3.05) is 23.8 Å². The summed E-state index contributed by atoms with van der Waals surface area (Å²) in [7, 11) is 0. The maximum atomic E-state index is 12.3. The average molecular weight is 359 g/mol. The van der Waals surface area contributed by atoms with Crippen LogP contribution in [-0.4, -0.2) is 25.2 Å². The van der Waals surface area contributed by atoms with Crippen LogP contribution in [0.1, 0.15) is 0 Å². The number of benzene rings is 2. The first-order valence-corrected chi connectivity index (χ1v) is 7.29. The van der Waals surface area contributed by atoms with Crippen molar-refractivity contribution in [1.82, 2.24) is 0 Å². The standard InChI is InChI=1S/C16H14ClF3N2O2/c17-11-4-3-5-12(8-11)24-9-15(23)22-14-7-2-1-6-13(14)21-10-16(18,19)20/h1-8,21H,9-10H2,(H,22,23). The summed E-state index contributed by atoms with van der Waals surface area (Å²) in [4.78, 5) is 11.9. The Kier molecular flexibility index (Phi) is 5.92. The van der Waals surface area contributed by atoms with Gasteiger partial charge in [-0.3, -0.25) is 4.79 Å². The molecule has 4 nitrogen and oxygen atoms in total. The Morgan fingerprint density at radius 3 is 2.46 bits per heavy atom. The molecule has 0 aliphatic carbocycles. The predicted molar refractivity (Wildman–Crippen MR) is 86.6 cm³/mol. The quantitative estimate of drug-likeness (QED) is 0.808. The number of hydrogen-bond donors (Lipinski definition) is 2. The van der Waals surface area contributed by atoms with Crippen LogP contribution in [0.5, 0.6) is 5.75 Å². The molecular weight excluding hydrogens is 345 g/mol. The molecule has 0 atom stereocenters. The maximum Gasteiger partial charge on any atom is 0.405 e. The van der Waals surface area contributed by atoms with Gasteiger partial charge >= 0.3 is 6.18 Å². The third-order valence-corrected chi connectivity index (χ3v) is 3.08. The lowest BCUT2D eigenvalue weighted by molar-refractivity contribution is -0.118. The van der Waals surface area contributed by atoms with E-state index in [4.69, 9.17) is 16.3 Å². The van der Waals surface area contributed by atoms with Crippen LogP contribution in [0.15, 0.2) is 48.5 Å². The van der Waals surface area contributed by atoms with Gasteiger partial charge in [-0.25, -0.2) is 0 Å². The number of halogens is 4. The van der Waals surface area contributed by atoms with Crippen molar-refractivity contribution >= 4 is 28.9 Å². The van der Waals surface area contributed by atoms with Crippen molar-refractivity contribution in [3.05, 3.63) is 53.6 Å². The molecule has 0 aliphatic rings. The van der Waals surface area contributed by atoms with Crippen LogP contribution in [0.3, 0.4) is 0 Å². The fraction of sp³-hybridized carbons (Fsp3) is 0.188. The Morgan fingerprint density at radius 2 is 1.79 bits per heavy atom. The van der Waals surface area contributed by atoms with Crippen molar-refractivity contribution < 1.29 is 22.7 Å². The van der Waals surface area contributed by atoms with Gasteiger partial charge < -0.3 is 15.4 Å². The minimum Gasteiger partial charge on any atom is -0.484 e. The molecule has 0 aliphatic heterocycles. The van der Waals surface area contributed by atoms with Gasteiger partial charge in [-0.05, 0) is 30.3 Å². The summed E-state index contributed by atoms with van der Waals surface area (Å²) in [6.45, 7) is -1.49. The van der Waals surface area contributed by atoms with E-state index in [1.54, 1.807) is 36.4 Å². The molecule has 1 amide bonds. The number of alkyl halides is 3. The van der Waals surface area contributed by atoms with Gasteiger partial charge in [0.25, 0.3) is 5.91 Å². The first-order valence-electron chi connectivity index (χ1n) is 6.91. The molecule has 24 heavy (non-hydrogen) atoms. The number of hydrogen-bond acceptors (Lipinski definition) is 3. The molecule has 0 saturated carbocycles. The number of carbonyl (C=O) groups is 1. The Bertz CT molecular complexity index is 708. The van der Waals surface area contributed by atoms with Crippen molar-refractivity contribution in [2.45, 2.75) is 6.18 Å². The molecule has 2 rings (SSSR count). The van der Waals surface area contributed by atoms with E-state index in [-0.39, 0.29) is 18.0 Å². The SMILES string of the molecule is O=C(COc1cccc(Cl)c1)Nc1ccccc1NCC(F)(F)F. The van der Waals surface area contributed by atoms with Gasteiger partial charge in [0.05, 0.1) is 11.4 Å². The molecule has 0 fully saturated rings. The molecule has 0 aromatic heterocycles. The number of anilines is 2. The van der Waals surface area contributed by atoms with E-state index < -0.39 is 18.6 Å². The topological polar surface area (TPSA) is 50.4 Å². The first-order chi connectivity index (χ1) is 11.3. The van der Waals surface area contributed by atoms with Gasteiger partial charge in [-0.1, -0.05) is 29.8 Å². The zero-order chi connectivity index (χ0) is 17.6. The zero-order valence-corrected chi connectivity index (χ0v) is 13.1. The minimum atomic E-state index is -4.35. The lowest BCUT2D eigenvalue weighted by Crippen LogP contribution is -2.24. The van der Waals surface area contributed by atoms with E-state index in [0.717, 1.165) is 0 Å². The Labute approximate surface area is 141 Å². The fourth-order valence-corrected chi connectivity index (χ4v) is 2.01. The highest BCUT2D eigenvalue weighted by molar-refractivity contribution is 6.30. The van der Waals surface area contributed by atoms with E-state index in [1.165, 1.54) is 12.1 Å². The number of rotatable bonds is 6. The molecular formula is C16H14ClF3N2O2. The van der Waals surface area contributed by atoms with E-state index >= 15 is 0 Å². The summed E-state index contributed by atoms with van der Waals surface area (Å²) in [6, 6.07) is 12.6. The highest BCUT2D eigenvalue weighted by Gasteiger charge is 2.27. The van der Waals surface area contributed by atoms with Gasteiger partial charge in [0.2, 0.25) is 0 Å². The predicted octanol–water partition coefficient (Wildman–Crippen LogP) is 4.33. The number of ether oxygens (including phenoxy) is 1. The molecule has 0 radical (unpaired) electrons. The molecule has 2 aromatic rings. The van der Waals surface area contributed by atoms with Gasteiger partial charge in [0, 0.05) is 5.02 Å². The van der Waals surface area contributed by atoms with Gasteiger partial charge in [0.15, 0.2) is 6.61 Å². The third-order valence-electron chi connectivity index (χ3n) is 2.85. The number of amides is 1. The molecule has 0 spiro atoms. The number of carbonyl (C=O) groups excluding carboxylic acids is 1. The van der Waals surface area contributed by atoms with Gasteiger partial charge in [0.1, 0.15) is 12.3 Å². The smallest absolute Gasteiger partial charge is 0.405 e. The normalized spacial score (nSPS) is 11.0. The van der Waals surface area contributed by atoms with Crippen LogP contribution in [-0.2, 0) is 4.79 Å². The summed E-state index contributed by atoms with van der Waals surface area (Å²) >= 11 is 5.80. The van der Waals surface area contributed by atoms with E-state index in [1.807, 2.05) is 0 Å². The largest absolute Gasteiger partial charge is 0.484 e. The molecule has 0 unspecified atom stereocenters. The minimum absolute atomic E-state index is 0.172. The number of nitrogens with one attached hydrogen (secondary N) is 2. The van der Waals surface area contributed by atoms with Crippen LogP contribution < -0.4 is 15.4 Å². The highest BCUT2D eigenvalue weighted by Crippen LogP contribution is 2.23. The summed E-state index contributed by atoms with van der Waals surface area (Å²) in [6.07, 6.45) is -4.35. The molecule has 2 aromatic carbocycles. The van der Waals surface area contributed by atoms with Crippen molar-refractivity contribution in [2.24, 2.45) is 0 Å². The Hall–Kier alpha value is -2.41. The summed E-state index contributed by atoms with van der Waals surface area (Å²) in [5, 5.41) is 5.21. The van der Waals surface area contributed by atoms with Gasteiger partial charge in [-0.2, -0.15) is 13.2 Å². The molecule has 2 N–H and O–H groups in total. The van der Waals surface area contributed by atoms with Crippen LogP contribution in [0.2, 0.25) is 5.02 Å². The van der Waals surface area contributed by atoms with Crippen molar-refractivity contribution in [3.8, 4) is 5.75 Å². The maximum absolute atomic E-state index is 12.3. The van der Waals surface area contributed by atoms with Crippen molar-refractivity contribution in [3.63, 3.8) is 0 Å². The Balaban J connectivity index is 1.94. The monoisotopic (exact) mass is 358 g/mol. The van der Waals surface area contributed by atoms with Crippen LogP contribution >= 0.6 is 11.6 Å². The first kappa shape index (κ1) is 17.9. The summed E-state index contributed by atoms with van der Waals surface area (Å²) in [5.41, 5.74) is 0.410. The van der Waals surface area contributed by atoms with Crippen LogP contribution in [0.4, 0.5) is 24.5 Å². The summed E-state index contributed by atoms with van der Waals surface area (Å²) < 4.78 is 42.2. The van der Waals surface area contributed by atoms with Crippen molar-refractivity contribution in [1.29, 1.82) is 0 Å². The van der Waals surface area contributed by atoms with Crippen LogP contribution in [0.25, 0.3) is 0 Å².